The summed E-state index contributed by atoms with van der Waals surface area (Å²) in [7, 11) is -3.57. The Morgan fingerprint density at radius 3 is 2.45 bits per heavy atom. The average Bonchev–Trinajstić information content (AvgIpc) is 3.12. The first-order valence-electron chi connectivity index (χ1n) is 11.7. The van der Waals surface area contributed by atoms with Gasteiger partial charge in [-0.25, -0.2) is 8.42 Å². The molecule has 3 saturated carbocycles. The van der Waals surface area contributed by atoms with E-state index in [1.807, 2.05) is 30.3 Å². The second kappa shape index (κ2) is 7.17. The zero-order valence-electron chi connectivity index (χ0n) is 18.8. The van der Waals surface area contributed by atoms with Gasteiger partial charge in [0.1, 0.15) is 0 Å². The van der Waals surface area contributed by atoms with E-state index in [1.165, 1.54) is 30.7 Å². The van der Waals surface area contributed by atoms with Crippen LogP contribution in [0, 0.1) is 28.6 Å². The number of carbonyl (C=O) groups excluding carboxylic acids is 1. The largest absolute Gasteiger partial charge is 0.269 e. The van der Waals surface area contributed by atoms with Gasteiger partial charge >= 0.3 is 0 Å². The predicted molar refractivity (Wildman–Crippen MR) is 122 cm³/mol. The molecule has 1 heterocycles. The third-order valence-electron chi connectivity index (χ3n) is 9.07. The molecule has 0 spiro atoms. The molecule has 1 amide bonds. The topological polar surface area (TPSA) is 66.5 Å². The van der Waals surface area contributed by atoms with E-state index in [0.29, 0.717) is 22.8 Å². The number of hydrogen-bond acceptors (Lipinski definition) is 3. The van der Waals surface area contributed by atoms with Crippen molar-refractivity contribution in [2.75, 3.05) is 6.26 Å². The lowest BCUT2D eigenvalue weighted by atomic mass is 9.48. The van der Waals surface area contributed by atoms with E-state index in [0.717, 1.165) is 37.0 Å². The molecule has 1 unspecified atom stereocenters. The molecular weight excluding hydrogens is 408 g/mol. The highest BCUT2D eigenvalue weighted by Crippen LogP contribution is 2.64. The third-order valence-corrected chi connectivity index (χ3v) is 9.60. The number of nitrogens with zero attached hydrogens (tertiary/aromatic N) is 1. The van der Waals surface area contributed by atoms with Crippen LogP contribution in [-0.2, 0) is 14.8 Å². The zero-order valence-corrected chi connectivity index (χ0v) is 19.6. The SMILES string of the molecule is C[C@@]12CCC[C@H]1[C@@H]1CCC3N(NS(C)(=O)=O)C(=O)C(c4ccccc4)=C[C@]3(C)[C@@H]1CC2. The molecule has 0 saturated heterocycles. The van der Waals surface area contributed by atoms with Crippen molar-refractivity contribution in [1.29, 1.82) is 0 Å². The highest BCUT2D eigenvalue weighted by Gasteiger charge is 2.59. The van der Waals surface area contributed by atoms with Crippen LogP contribution in [-0.4, -0.2) is 31.6 Å². The molecule has 5 nitrogen and oxygen atoms in total. The van der Waals surface area contributed by atoms with Crippen molar-refractivity contribution in [2.24, 2.45) is 28.6 Å². The summed E-state index contributed by atoms with van der Waals surface area (Å²) in [6.45, 7) is 4.76. The highest BCUT2D eigenvalue weighted by molar-refractivity contribution is 7.88. The van der Waals surface area contributed by atoms with Crippen LogP contribution < -0.4 is 4.83 Å². The Hall–Kier alpha value is -1.66. The summed E-state index contributed by atoms with van der Waals surface area (Å²) in [5.74, 6) is 1.65. The molecule has 5 rings (SSSR count). The van der Waals surface area contributed by atoms with Gasteiger partial charge in [-0.2, -0.15) is 0 Å². The summed E-state index contributed by atoms with van der Waals surface area (Å²) in [4.78, 5) is 16.1. The molecule has 168 valence electrons. The molecule has 1 aromatic rings. The molecule has 1 N–H and O–H groups in total. The third kappa shape index (κ3) is 3.37. The quantitative estimate of drug-likeness (QED) is 0.756. The fourth-order valence-corrected chi connectivity index (χ4v) is 8.29. The zero-order chi connectivity index (χ0) is 22.0. The molecule has 0 radical (unpaired) electrons. The number of hydrogen-bond donors (Lipinski definition) is 1. The Morgan fingerprint density at radius 2 is 1.74 bits per heavy atom. The van der Waals surface area contributed by atoms with E-state index in [-0.39, 0.29) is 17.4 Å². The van der Waals surface area contributed by atoms with Crippen molar-refractivity contribution in [3.05, 3.63) is 42.0 Å². The predicted octanol–water partition coefficient (Wildman–Crippen LogP) is 4.38. The van der Waals surface area contributed by atoms with Gasteiger partial charge < -0.3 is 0 Å². The lowest BCUT2D eigenvalue weighted by molar-refractivity contribution is -0.142. The second-order valence-corrected chi connectivity index (χ2v) is 12.6. The van der Waals surface area contributed by atoms with Crippen molar-refractivity contribution in [3.63, 3.8) is 0 Å². The molecule has 6 atom stereocenters. The van der Waals surface area contributed by atoms with Crippen LogP contribution in [0.15, 0.2) is 36.4 Å². The van der Waals surface area contributed by atoms with Crippen molar-refractivity contribution >= 4 is 21.5 Å². The number of hydrazine groups is 1. The van der Waals surface area contributed by atoms with E-state index >= 15 is 0 Å². The number of benzene rings is 1. The van der Waals surface area contributed by atoms with Crippen LogP contribution in [0.4, 0.5) is 0 Å². The second-order valence-electron chi connectivity index (χ2n) is 10.9. The first-order chi connectivity index (χ1) is 14.6. The van der Waals surface area contributed by atoms with Crippen molar-refractivity contribution in [2.45, 2.75) is 64.8 Å². The van der Waals surface area contributed by atoms with Gasteiger partial charge in [-0.15, -0.1) is 4.83 Å². The molecule has 3 fully saturated rings. The monoisotopic (exact) mass is 442 g/mol. The molecule has 1 aliphatic heterocycles. The van der Waals surface area contributed by atoms with E-state index in [2.05, 4.69) is 24.8 Å². The van der Waals surface area contributed by atoms with Crippen LogP contribution in [0.3, 0.4) is 0 Å². The minimum Gasteiger partial charge on any atom is -0.268 e. The lowest BCUT2D eigenvalue weighted by Crippen LogP contribution is -2.64. The van der Waals surface area contributed by atoms with Crippen LogP contribution in [0.25, 0.3) is 5.57 Å². The summed E-state index contributed by atoms with van der Waals surface area (Å²) < 4.78 is 24.4. The van der Waals surface area contributed by atoms with Crippen molar-refractivity contribution < 1.29 is 13.2 Å². The van der Waals surface area contributed by atoms with Gasteiger partial charge in [-0.3, -0.25) is 9.80 Å². The van der Waals surface area contributed by atoms with Gasteiger partial charge in [-0.05, 0) is 67.3 Å². The van der Waals surface area contributed by atoms with Crippen LogP contribution in [0.2, 0.25) is 0 Å². The molecule has 3 aliphatic carbocycles. The van der Waals surface area contributed by atoms with Gasteiger partial charge in [-0.1, -0.05) is 56.7 Å². The molecule has 0 bridgehead atoms. The maximum Gasteiger partial charge on any atom is 0.269 e. The average molecular weight is 443 g/mol. The smallest absolute Gasteiger partial charge is 0.268 e. The molecule has 4 aliphatic rings. The Bertz CT molecular complexity index is 1020. The Labute approximate surface area is 186 Å². The normalized spacial score (nSPS) is 40.0. The minimum atomic E-state index is -3.57. The highest BCUT2D eigenvalue weighted by atomic mass is 32.2. The molecule has 6 heteroatoms. The maximum atomic E-state index is 13.5. The Morgan fingerprint density at radius 1 is 1.00 bits per heavy atom. The Balaban J connectivity index is 1.61. The first-order valence-corrected chi connectivity index (χ1v) is 13.6. The number of sulfonamides is 1. The van der Waals surface area contributed by atoms with Gasteiger partial charge in [0.25, 0.3) is 5.91 Å². The van der Waals surface area contributed by atoms with Crippen LogP contribution >= 0.6 is 0 Å². The first kappa shape index (κ1) is 21.2. The fraction of sp³-hybridized carbons (Fsp3) is 0.640. The number of rotatable bonds is 3. The van der Waals surface area contributed by atoms with Gasteiger partial charge in [0.05, 0.1) is 12.3 Å². The van der Waals surface area contributed by atoms with Crippen LogP contribution in [0.5, 0.6) is 0 Å². The molecule has 1 aromatic carbocycles. The Kier molecular flexibility index (Phi) is 4.91. The van der Waals surface area contributed by atoms with Gasteiger partial charge in [0, 0.05) is 11.0 Å². The van der Waals surface area contributed by atoms with Crippen LogP contribution in [0.1, 0.15) is 64.4 Å². The summed E-state index contributed by atoms with van der Waals surface area (Å²) >= 11 is 0. The van der Waals surface area contributed by atoms with E-state index < -0.39 is 10.0 Å². The molecule has 0 aromatic heterocycles. The van der Waals surface area contributed by atoms with E-state index in [4.69, 9.17) is 0 Å². The molecular formula is C25H34N2O3S. The summed E-state index contributed by atoms with van der Waals surface area (Å²) in [6.07, 6.45) is 11.7. The fourth-order valence-electron chi connectivity index (χ4n) is 7.73. The lowest BCUT2D eigenvalue weighted by Gasteiger charge is -2.60. The van der Waals surface area contributed by atoms with E-state index in [9.17, 15) is 13.2 Å². The minimum absolute atomic E-state index is 0.144. The van der Waals surface area contributed by atoms with Crippen molar-refractivity contribution in [3.8, 4) is 0 Å². The summed E-state index contributed by atoms with van der Waals surface area (Å²) in [5.41, 5.74) is 1.70. The number of amides is 1. The van der Waals surface area contributed by atoms with Gasteiger partial charge in [0.2, 0.25) is 10.0 Å². The van der Waals surface area contributed by atoms with E-state index in [1.54, 1.807) is 0 Å². The maximum absolute atomic E-state index is 13.5. The van der Waals surface area contributed by atoms with Crippen molar-refractivity contribution in [1.82, 2.24) is 9.84 Å². The number of fused-ring (bicyclic) bond motifs is 5. The standard InChI is InChI=1S/C25H34N2O3S/c1-24-14-7-10-20(24)18-11-12-22-25(2,21(18)13-15-24)16-19(17-8-5-4-6-9-17)23(28)27(22)26-31(3,29)30/h4-6,8-9,16,18,20-22,26H,7,10-15H2,1-3H3/t18-,20-,21+,22?,24-,25+/m0/s1. The number of nitrogens with one attached hydrogen (secondary N) is 1. The van der Waals surface area contributed by atoms with Gasteiger partial charge in [0.15, 0.2) is 0 Å². The molecule has 31 heavy (non-hydrogen) atoms. The summed E-state index contributed by atoms with van der Waals surface area (Å²) in [5, 5.41) is 1.45. The summed E-state index contributed by atoms with van der Waals surface area (Å²) in [6, 6.07) is 9.55. The number of carbonyl (C=O) groups is 1.